The second-order valence-electron chi connectivity index (χ2n) is 6.94. The Balaban J connectivity index is 0.00000156. The summed E-state index contributed by atoms with van der Waals surface area (Å²) in [4.78, 5) is 15.0. The molecule has 1 aliphatic carbocycles. The molecule has 144 valence electrons. The summed E-state index contributed by atoms with van der Waals surface area (Å²) in [5.41, 5.74) is 6.01. The zero-order valence-electron chi connectivity index (χ0n) is 14.9. The molecule has 2 unspecified atom stereocenters. The second-order valence-corrected chi connectivity index (χ2v) is 6.94. The molecule has 6 nitrogen and oxygen atoms in total. The molecule has 0 spiro atoms. The fourth-order valence-electron chi connectivity index (χ4n) is 3.88. The number of likely N-dealkylation sites (tertiary alicyclic amines) is 1. The van der Waals surface area contributed by atoms with Crippen molar-refractivity contribution in [1.29, 1.82) is 0 Å². The maximum absolute atomic E-state index is 12.5. The molecular formula is C17H31Cl2N5O. The Hall–Kier alpha value is -0.820. The highest BCUT2D eigenvalue weighted by Gasteiger charge is 2.27. The van der Waals surface area contributed by atoms with Crippen LogP contribution in [0.3, 0.4) is 0 Å². The average molecular weight is 392 g/mol. The third-order valence-corrected chi connectivity index (χ3v) is 5.36. The molecule has 3 rings (SSSR count). The van der Waals surface area contributed by atoms with Gasteiger partial charge in [0.25, 0.3) is 0 Å². The summed E-state index contributed by atoms with van der Waals surface area (Å²) in [7, 11) is 0. The molecule has 2 fully saturated rings. The molecule has 0 aromatic carbocycles. The first-order valence-corrected chi connectivity index (χ1v) is 8.99. The van der Waals surface area contributed by atoms with Crippen LogP contribution in [0.5, 0.6) is 0 Å². The van der Waals surface area contributed by atoms with Gasteiger partial charge in [-0.25, -0.2) is 4.68 Å². The highest BCUT2D eigenvalue weighted by molar-refractivity contribution is 5.91. The average Bonchev–Trinajstić information content (AvgIpc) is 3.03. The summed E-state index contributed by atoms with van der Waals surface area (Å²) in [5, 5.41) is 7.56. The molecule has 2 heterocycles. The van der Waals surface area contributed by atoms with Crippen LogP contribution in [0, 0.1) is 5.92 Å². The topological polar surface area (TPSA) is 76.2 Å². The van der Waals surface area contributed by atoms with Gasteiger partial charge < -0.3 is 16.0 Å². The summed E-state index contributed by atoms with van der Waals surface area (Å²) in [5.74, 6) is 0.987. The monoisotopic (exact) mass is 391 g/mol. The number of aromatic nitrogens is 2. The van der Waals surface area contributed by atoms with Gasteiger partial charge in [-0.05, 0) is 38.6 Å². The third kappa shape index (κ3) is 5.58. The van der Waals surface area contributed by atoms with Crippen LogP contribution in [0.4, 0.5) is 5.82 Å². The summed E-state index contributed by atoms with van der Waals surface area (Å²) in [6.07, 6.45) is 7.80. The van der Waals surface area contributed by atoms with Gasteiger partial charge in [-0.1, -0.05) is 13.3 Å². The van der Waals surface area contributed by atoms with Crippen LogP contribution in [0.1, 0.15) is 51.5 Å². The number of anilines is 1. The van der Waals surface area contributed by atoms with E-state index in [1.807, 2.05) is 10.7 Å². The minimum atomic E-state index is 0. The van der Waals surface area contributed by atoms with E-state index in [2.05, 4.69) is 22.2 Å². The van der Waals surface area contributed by atoms with Crippen molar-refractivity contribution in [3.63, 3.8) is 0 Å². The van der Waals surface area contributed by atoms with E-state index in [4.69, 9.17) is 5.73 Å². The smallest absolute Gasteiger partial charge is 0.228 e. The second kappa shape index (κ2) is 10.4. The number of nitrogens with zero attached hydrogens (tertiary/aromatic N) is 3. The van der Waals surface area contributed by atoms with Crippen molar-refractivity contribution >= 4 is 36.5 Å². The van der Waals surface area contributed by atoms with Gasteiger partial charge in [-0.15, -0.1) is 24.8 Å². The maximum Gasteiger partial charge on any atom is 0.228 e. The molecule has 0 radical (unpaired) electrons. The quantitative estimate of drug-likeness (QED) is 0.826. The predicted molar refractivity (Wildman–Crippen MR) is 106 cm³/mol. The molecule has 1 amide bonds. The van der Waals surface area contributed by atoms with Gasteiger partial charge in [-0.3, -0.25) is 4.79 Å². The number of carbonyl (C=O) groups excluding carboxylic acids is 1. The Morgan fingerprint density at radius 1 is 1.28 bits per heavy atom. The fraction of sp³-hybridized carbons (Fsp3) is 0.765. The number of piperidine rings is 1. The van der Waals surface area contributed by atoms with E-state index >= 15 is 0 Å². The molecule has 1 saturated carbocycles. The van der Waals surface area contributed by atoms with Gasteiger partial charge in [0.15, 0.2) is 0 Å². The van der Waals surface area contributed by atoms with E-state index in [9.17, 15) is 4.79 Å². The maximum atomic E-state index is 12.5. The number of nitrogens with one attached hydrogen (secondary N) is 1. The van der Waals surface area contributed by atoms with Crippen LogP contribution >= 0.6 is 24.8 Å². The van der Waals surface area contributed by atoms with Gasteiger partial charge in [0.2, 0.25) is 5.91 Å². The normalized spacial score (nSPS) is 24.9. The predicted octanol–water partition coefficient (Wildman–Crippen LogP) is 2.84. The zero-order valence-corrected chi connectivity index (χ0v) is 16.5. The highest BCUT2D eigenvalue weighted by atomic mass is 35.5. The highest BCUT2D eigenvalue weighted by Crippen LogP contribution is 2.27. The Morgan fingerprint density at radius 2 is 2.00 bits per heavy atom. The molecule has 2 aliphatic rings. The van der Waals surface area contributed by atoms with Crippen molar-refractivity contribution in [3.05, 3.63) is 12.3 Å². The molecule has 1 saturated heterocycles. The minimum absolute atomic E-state index is 0. The molecule has 8 heteroatoms. The fourth-order valence-corrected chi connectivity index (χ4v) is 3.88. The zero-order chi connectivity index (χ0) is 16.2. The van der Waals surface area contributed by atoms with Gasteiger partial charge >= 0.3 is 0 Å². The van der Waals surface area contributed by atoms with Crippen LogP contribution in [-0.2, 0) is 4.79 Å². The first kappa shape index (κ1) is 22.2. The van der Waals surface area contributed by atoms with Crippen molar-refractivity contribution in [2.24, 2.45) is 11.7 Å². The van der Waals surface area contributed by atoms with Gasteiger partial charge in [-0.2, -0.15) is 5.10 Å². The van der Waals surface area contributed by atoms with Crippen molar-refractivity contribution in [3.8, 4) is 0 Å². The summed E-state index contributed by atoms with van der Waals surface area (Å²) in [6, 6.07) is 2.46. The summed E-state index contributed by atoms with van der Waals surface area (Å²) in [6.45, 7) is 5.52. The largest absolute Gasteiger partial charge is 0.328 e. The van der Waals surface area contributed by atoms with Crippen LogP contribution in [0.2, 0.25) is 0 Å². The lowest BCUT2D eigenvalue weighted by molar-refractivity contribution is -0.121. The molecule has 3 N–H and O–H groups in total. The Kier molecular flexibility index (Phi) is 9.21. The number of amides is 1. The number of hydrogen-bond acceptors (Lipinski definition) is 4. The van der Waals surface area contributed by atoms with Crippen molar-refractivity contribution in [2.75, 3.05) is 25.0 Å². The van der Waals surface area contributed by atoms with E-state index in [-0.39, 0.29) is 42.7 Å². The molecule has 25 heavy (non-hydrogen) atoms. The van der Waals surface area contributed by atoms with Crippen LogP contribution < -0.4 is 11.1 Å². The van der Waals surface area contributed by atoms with Crippen molar-refractivity contribution in [2.45, 2.75) is 57.5 Å². The number of nitrogens with two attached hydrogens (primary N) is 1. The van der Waals surface area contributed by atoms with Crippen molar-refractivity contribution in [1.82, 2.24) is 14.7 Å². The van der Waals surface area contributed by atoms with Gasteiger partial charge in [0.05, 0.1) is 12.2 Å². The van der Waals surface area contributed by atoms with E-state index in [1.165, 1.54) is 0 Å². The van der Waals surface area contributed by atoms with Crippen LogP contribution in [0.25, 0.3) is 0 Å². The third-order valence-electron chi connectivity index (χ3n) is 5.36. The summed E-state index contributed by atoms with van der Waals surface area (Å²) < 4.78 is 2.01. The van der Waals surface area contributed by atoms with E-state index in [0.29, 0.717) is 6.04 Å². The lowest BCUT2D eigenvalue weighted by atomic mass is 9.85. The Bertz CT molecular complexity index is 531. The van der Waals surface area contributed by atoms with E-state index < -0.39 is 0 Å². The number of halogens is 2. The lowest BCUT2D eigenvalue weighted by Gasteiger charge is -2.32. The number of rotatable bonds is 4. The van der Waals surface area contributed by atoms with E-state index in [1.54, 1.807) is 6.20 Å². The number of hydrogen-bond donors (Lipinski definition) is 2. The molecule has 0 bridgehead atoms. The standard InChI is InChI=1S/C17H29N5O.2ClH/c1-2-21-10-7-15(8-11-21)22-16(6-9-19-22)20-17(23)13-4-3-5-14(18)12-13;;/h6,9,13-15H,2-5,7-8,10-12,18H2,1H3,(H,20,23);2*1H. The van der Waals surface area contributed by atoms with Crippen LogP contribution in [0.15, 0.2) is 12.3 Å². The van der Waals surface area contributed by atoms with Crippen LogP contribution in [-0.4, -0.2) is 46.3 Å². The minimum Gasteiger partial charge on any atom is -0.328 e. The molecule has 2 atom stereocenters. The molecule has 1 aromatic heterocycles. The van der Waals surface area contributed by atoms with Gasteiger partial charge in [0.1, 0.15) is 5.82 Å². The SMILES string of the molecule is CCN1CCC(n2nccc2NC(=O)C2CCCC(N)C2)CC1.Cl.Cl. The lowest BCUT2D eigenvalue weighted by Crippen LogP contribution is -2.36. The van der Waals surface area contributed by atoms with E-state index in [0.717, 1.165) is 64.0 Å². The molecular weight excluding hydrogens is 361 g/mol. The molecule has 1 aromatic rings. The molecule has 1 aliphatic heterocycles. The number of carbonyl (C=O) groups is 1. The summed E-state index contributed by atoms with van der Waals surface area (Å²) >= 11 is 0. The Labute approximate surface area is 162 Å². The van der Waals surface area contributed by atoms with Gasteiger partial charge in [0, 0.05) is 31.1 Å². The first-order chi connectivity index (χ1) is 11.2. The first-order valence-electron chi connectivity index (χ1n) is 8.99. The van der Waals surface area contributed by atoms with Crippen molar-refractivity contribution < 1.29 is 4.79 Å². The Morgan fingerprint density at radius 3 is 2.64 bits per heavy atom.